The second kappa shape index (κ2) is 7.50. The molecule has 0 saturated heterocycles. The fourth-order valence-electron chi connectivity index (χ4n) is 2.99. The van der Waals surface area contributed by atoms with Crippen molar-refractivity contribution in [3.63, 3.8) is 0 Å². The van der Waals surface area contributed by atoms with Crippen LogP contribution < -0.4 is 9.62 Å². The Kier molecular flexibility index (Phi) is 5.76. The lowest BCUT2D eigenvalue weighted by Gasteiger charge is -2.29. The molecule has 0 fully saturated rings. The number of nitrogens with one attached hydrogen (secondary N) is 1. The molecule has 2 rings (SSSR count). The summed E-state index contributed by atoms with van der Waals surface area (Å²) in [5, 5.41) is 2.86. The van der Waals surface area contributed by atoms with Crippen molar-refractivity contribution in [1.82, 2.24) is 0 Å². The summed E-state index contributed by atoms with van der Waals surface area (Å²) in [6.07, 6.45) is 1.12. The molecule has 1 atom stereocenters. The van der Waals surface area contributed by atoms with Crippen LogP contribution in [0.4, 0.5) is 11.4 Å². The van der Waals surface area contributed by atoms with Crippen LogP contribution in [-0.2, 0) is 14.8 Å². The number of hydrogen-bond donors (Lipinski definition) is 1. The largest absolute Gasteiger partial charge is 0.324 e. The van der Waals surface area contributed by atoms with Crippen molar-refractivity contribution in [2.75, 3.05) is 15.9 Å². The van der Waals surface area contributed by atoms with Gasteiger partial charge in [0.25, 0.3) is 0 Å². The number of carbonyl (C=O) groups is 1. The van der Waals surface area contributed by atoms with E-state index in [0.29, 0.717) is 11.4 Å². The van der Waals surface area contributed by atoms with Crippen molar-refractivity contribution in [3.8, 4) is 0 Å². The average Bonchev–Trinajstić information content (AvgIpc) is 2.48. The minimum absolute atomic E-state index is 0.372. The van der Waals surface area contributed by atoms with Gasteiger partial charge in [0, 0.05) is 5.69 Å². The highest BCUT2D eigenvalue weighted by Crippen LogP contribution is 2.25. The lowest BCUT2D eigenvalue weighted by atomic mass is 10.1. The average molecular weight is 375 g/mol. The molecule has 2 aromatic rings. The van der Waals surface area contributed by atoms with Crippen LogP contribution in [0.25, 0.3) is 0 Å². The summed E-state index contributed by atoms with van der Waals surface area (Å²) >= 11 is 0. The molecule has 0 aliphatic heterocycles. The smallest absolute Gasteiger partial charge is 0.248 e. The topological polar surface area (TPSA) is 66.5 Å². The maximum atomic E-state index is 12.8. The van der Waals surface area contributed by atoms with E-state index in [1.807, 2.05) is 52.0 Å². The minimum Gasteiger partial charge on any atom is -0.324 e. The molecule has 0 radical (unpaired) electrons. The normalized spacial score (nSPS) is 12.5. The van der Waals surface area contributed by atoms with E-state index in [-0.39, 0.29) is 5.91 Å². The maximum Gasteiger partial charge on any atom is 0.248 e. The summed E-state index contributed by atoms with van der Waals surface area (Å²) < 4.78 is 26.0. The zero-order valence-corrected chi connectivity index (χ0v) is 16.9. The van der Waals surface area contributed by atoms with Crippen LogP contribution in [0.15, 0.2) is 36.4 Å². The summed E-state index contributed by atoms with van der Waals surface area (Å²) in [6.45, 7) is 9.24. The van der Waals surface area contributed by atoms with Gasteiger partial charge in [-0.25, -0.2) is 8.42 Å². The lowest BCUT2D eigenvalue weighted by molar-refractivity contribution is -0.116. The molecule has 0 aliphatic carbocycles. The fourth-order valence-corrected chi connectivity index (χ4v) is 4.15. The summed E-state index contributed by atoms with van der Waals surface area (Å²) in [6, 6.07) is 10.4. The first-order valence-electron chi connectivity index (χ1n) is 8.45. The van der Waals surface area contributed by atoms with Crippen LogP contribution >= 0.6 is 0 Å². The molecule has 5 nitrogen and oxygen atoms in total. The van der Waals surface area contributed by atoms with Gasteiger partial charge >= 0.3 is 0 Å². The second-order valence-electron chi connectivity index (χ2n) is 6.89. The first kappa shape index (κ1) is 20.0. The van der Waals surface area contributed by atoms with Crippen molar-refractivity contribution in [3.05, 3.63) is 58.7 Å². The molecule has 6 heteroatoms. The third-order valence-electron chi connectivity index (χ3n) is 4.20. The van der Waals surface area contributed by atoms with Crippen molar-refractivity contribution in [2.45, 2.75) is 40.7 Å². The Hall–Kier alpha value is -2.34. The zero-order valence-electron chi connectivity index (χ0n) is 16.1. The van der Waals surface area contributed by atoms with Crippen LogP contribution in [0, 0.1) is 27.7 Å². The number of nitrogens with zero attached hydrogens (tertiary/aromatic N) is 1. The third kappa shape index (κ3) is 4.64. The van der Waals surface area contributed by atoms with Crippen LogP contribution in [-0.4, -0.2) is 26.6 Å². The Morgan fingerprint density at radius 3 is 2.08 bits per heavy atom. The number of aryl methyl sites for hydroxylation is 4. The number of hydrogen-bond acceptors (Lipinski definition) is 3. The van der Waals surface area contributed by atoms with Crippen LogP contribution in [0.2, 0.25) is 0 Å². The first-order valence-corrected chi connectivity index (χ1v) is 10.3. The van der Waals surface area contributed by atoms with E-state index < -0.39 is 16.1 Å². The summed E-state index contributed by atoms with van der Waals surface area (Å²) in [7, 11) is -3.63. The molecule has 2 aromatic carbocycles. The van der Waals surface area contributed by atoms with Gasteiger partial charge in [-0.3, -0.25) is 9.10 Å². The Balaban J connectivity index is 2.39. The number of rotatable bonds is 5. The molecule has 0 saturated carbocycles. The van der Waals surface area contributed by atoms with E-state index in [9.17, 15) is 13.2 Å². The molecule has 0 spiro atoms. The van der Waals surface area contributed by atoms with Crippen LogP contribution in [0.5, 0.6) is 0 Å². The number of anilines is 2. The van der Waals surface area contributed by atoms with Crippen molar-refractivity contribution >= 4 is 27.3 Å². The molecule has 0 bridgehead atoms. The lowest BCUT2D eigenvalue weighted by Crippen LogP contribution is -2.45. The van der Waals surface area contributed by atoms with E-state index in [1.54, 1.807) is 19.1 Å². The monoisotopic (exact) mass is 374 g/mol. The number of carbonyl (C=O) groups excluding carboxylic acids is 1. The maximum absolute atomic E-state index is 12.8. The van der Waals surface area contributed by atoms with Gasteiger partial charge in [0.1, 0.15) is 6.04 Å². The minimum atomic E-state index is -3.63. The van der Waals surface area contributed by atoms with E-state index in [4.69, 9.17) is 0 Å². The van der Waals surface area contributed by atoms with Gasteiger partial charge in [-0.1, -0.05) is 18.2 Å². The highest BCUT2D eigenvalue weighted by atomic mass is 32.2. The predicted molar refractivity (Wildman–Crippen MR) is 107 cm³/mol. The molecule has 0 unspecified atom stereocenters. The van der Waals surface area contributed by atoms with Crippen molar-refractivity contribution in [2.24, 2.45) is 0 Å². The second-order valence-corrected chi connectivity index (χ2v) is 8.75. The highest BCUT2D eigenvalue weighted by Gasteiger charge is 2.29. The molecule has 0 heterocycles. The Morgan fingerprint density at radius 1 is 0.962 bits per heavy atom. The van der Waals surface area contributed by atoms with E-state index in [0.717, 1.165) is 28.5 Å². The van der Waals surface area contributed by atoms with Gasteiger partial charge in [-0.15, -0.1) is 0 Å². The van der Waals surface area contributed by atoms with Gasteiger partial charge in [0.2, 0.25) is 15.9 Å². The zero-order chi connectivity index (χ0) is 19.6. The Bertz CT molecular complexity index is 916. The summed E-state index contributed by atoms with van der Waals surface area (Å²) in [5.41, 5.74) is 5.01. The number of amides is 1. The molecule has 140 valence electrons. The van der Waals surface area contributed by atoms with Gasteiger partial charge in [0.05, 0.1) is 11.9 Å². The predicted octanol–water partition coefficient (Wildman–Crippen LogP) is 3.71. The fraction of sp³-hybridized carbons (Fsp3) is 0.350. The number of benzene rings is 2. The van der Waals surface area contributed by atoms with Crippen molar-refractivity contribution in [1.29, 1.82) is 0 Å². The van der Waals surface area contributed by atoms with Crippen LogP contribution in [0.1, 0.15) is 29.2 Å². The molecule has 0 aromatic heterocycles. The highest BCUT2D eigenvalue weighted by molar-refractivity contribution is 7.92. The van der Waals surface area contributed by atoms with E-state index in [1.165, 1.54) is 4.31 Å². The van der Waals surface area contributed by atoms with Gasteiger partial charge in [-0.2, -0.15) is 0 Å². The van der Waals surface area contributed by atoms with Gasteiger partial charge < -0.3 is 5.32 Å². The summed E-state index contributed by atoms with van der Waals surface area (Å²) in [5.74, 6) is -0.372. The van der Waals surface area contributed by atoms with Gasteiger partial charge in [0.15, 0.2) is 0 Å². The van der Waals surface area contributed by atoms with Crippen molar-refractivity contribution < 1.29 is 13.2 Å². The first-order chi connectivity index (χ1) is 12.0. The standard InChI is InChI=1S/C20H26N2O3S/c1-13-7-8-16(4)19(12-13)21-20(23)17(5)22(26(6,24)25)18-10-14(2)9-15(3)11-18/h7-12,17H,1-6H3,(H,21,23)/t17-/m1/s1. The molecular weight excluding hydrogens is 348 g/mol. The molecular formula is C20H26N2O3S. The molecule has 0 aliphatic rings. The molecule has 26 heavy (non-hydrogen) atoms. The molecule has 1 N–H and O–H groups in total. The van der Waals surface area contributed by atoms with Gasteiger partial charge in [-0.05, 0) is 75.1 Å². The van der Waals surface area contributed by atoms with E-state index in [2.05, 4.69) is 5.32 Å². The number of sulfonamides is 1. The summed E-state index contributed by atoms with van der Waals surface area (Å²) in [4.78, 5) is 12.8. The Morgan fingerprint density at radius 2 is 1.54 bits per heavy atom. The quantitative estimate of drug-likeness (QED) is 0.867. The molecule has 1 amide bonds. The van der Waals surface area contributed by atoms with Crippen LogP contribution in [0.3, 0.4) is 0 Å². The Labute approximate surface area is 156 Å². The van der Waals surface area contributed by atoms with E-state index >= 15 is 0 Å². The SMILES string of the molecule is Cc1cc(C)cc(N([C@H](C)C(=O)Nc2cc(C)ccc2C)S(C)(=O)=O)c1. The third-order valence-corrected chi connectivity index (χ3v) is 5.44.